The fourth-order valence-corrected chi connectivity index (χ4v) is 0.919. The molecule has 0 heterocycles. The second kappa shape index (κ2) is 3.94. The molecule has 0 amide bonds. The lowest BCUT2D eigenvalue weighted by Crippen LogP contribution is -2.46. The number of hydrogen-bond acceptors (Lipinski definition) is 2. The molecule has 0 aliphatic carbocycles. The molecule has 0 saturated carbocycles. The fourth-order valence-electron chi connectivity index (χ4n) is 0.919. The van der Waals surface area contributed by atoms with Gasteiger partial charge in [0.2, 0.25) is 0 Å². The van der Waals surface area contributed by atoms with Gasteiger partial charge in [-0.3, -0.25) is 0 Å². The van der Waals surface area contributed by atoms with Gasteiger partial charge in [-0.15, -0.1) is 0 Å². The summed E-state index contributed by atoms with van der Waals surface area (Å²) in [5.41, 5.74) is 5.40. The fraction of sp³-hybridized carbons (Fsp3) is 1.00. The van der Waals surface area contributed by atoms with E-state index in [4.69, 9.17) is 10.8 Å². The molecule has 0 aromatic rings. The van der Waals surface area contributed by atoms with Crippen LogP contribution in [-0.2, 0) is 0 Å². The molecule has 62 valence electrons. The van der Waals surface area contributed by atoms with Gasteiger partial charge in [-0.1, -0.05) is 20.3 Å². The maximum Gasteiger partial charge on any atom is 0.0611 e. The molecule has 0 aliphatic heterocycles. The molecule has 10 heavy (non-hydrogen) atoms. The van der Waals surface area contributed by atoms with Crippen molar-refractivity contribution in [3.8, 4) is 0 Å². The van der Waals surface area contributed by atoms with E-state index in [1.54, 1.807) is 0 Å². The summed E-state index contributed by atoms with van der Waals surface area (Å²) in [5, 5.41) is 8.87. The third-order valence-electron chi connectivity index (χ3n) is 2.19. The Balaban J connectivity index is 3.78. The summed E-state index contributed by atoms with van der Waals surface area (Å²) < 4.78 is 0. The van der Waals surface area contributed by atoms with Crippen molar-refractivity contribution in [2.45, 2.75) is 39.2 Å². The molecular formula is C8H19NO. The van der Waals surface area contributed by atoms with E-state index in [1.807, 2.05) is 6.92 Å². The zero-order valence-corrected chi connectivity index (χ0v) is 7.22. The van der Waals surface area contributed by atoms with Crippen molar-refractivity contribution in [2.24, 2.45) is 11.7 Å². The predicted molar refractivity (Wildman–Crippen MR) is 43.8 cm³/mol. The van der Waals surface area contributed by atoms with E-state index in [1.165, 1.54) is 0 Å². The largest absolute Gasteiger partial charge is 0.394 e. The molecule has 3 N–H and O–H groups in total. The number of hydrogen-bond donors (Lipinski definition) is 2. The van der Waals surface area contributed by atoms with Gasteiger partial charge in [0.1, 0.15) is 0 Å². The minimum absolute atomic E-state index is 0.0775. The van der Waals surface area contributed by atoms with Crippen LogP contribution in [0.15, 0.2) is 0 Å². The molecule has 0 radical (unpaired) electrons. The Morgan fingerprint density at radius 1 is 1.60 bits per heavy atom. The molecule has 2 unspecified atom stereocenters. The van der Waals surface area contributed by atoms with Gasteiger partial charge in [-0.2, -0.15) is 0 Å². The Morgan fingerprint density at radius 2 is 2.10 bits per heavy atom. The monoisotopic (exact) mass is 145 g/mol. The number of aliphatic hydroxyl groups is 1. The van der Waals surface area contributed by atoms with Crippen molar-refractivity contribution in [1.82, 2.24) is 0 Å². The summed E-state index contributed by atoms with van der Waals surface area (Å²) in [7, 11) is 0. The molecule has 0 aromatic carbocycles. The second-order valence-corrected chi connectivity index (χ2v) is 3.35. The quantitative estimate of drug-likeness (QED) is 0.623. The molecular weight excluding hydrogens is 126 g/mol. The van der Waals surface area contributed by atoms with Crippen LogP contribution in [0, 0.1) is 5.92 Å². The van der Waals surface area contributed by atoms with Gasteiger partial charge in [-0.05, 0) is 19.3 Å². The zero-order valence-electron chi connectivity index (χ0n) is 7.22. The highest BCUT2D eigenvalue weighted by Gasteiger charge is 2.24. The maximum atomic E-state index is 8.87. The van der Waals surface area contributed by atoms with Crippen molar-refractivity contribution in [3.63, 3.8) is 0 Å². The van der Waals surface area contributed by atoms with E-state index >= 15 is 0 Å². The first-order valence-corrected chi connectivity index (χ1v) is 3.94. The van der Waals surface area contributed by atoms with Crippen molar-refractivity contribution in [3.05, 3.63) is 0 Å². The first kappa shape index (κ1) is 9.92. The van der Waals surface area contributed by atoms with Crippen molar-refractivity contribution >= 4 is 0 Å². The van der Waals surface area contributed by atoms with Crippen LogP contribution in [0.2, 0.25) is 0 Å². The van der Waals surface area contributed by atoms with E-state index < -0.39 is 5.54 Å². The Labute approximate surface area is 63.4 Å². The maximum absolute atomic E-state index is 8.87. The zero-order chi connectivity index (χ0) is 8.20. The van der Waals surface area contributed by atoms with Gasteiger partial charge in [-0.25, -0.2) is 0 Å². The molecule has 2 atom stereocenters. The standard InChI is InChI=1S/C8H19NO/c1-4-5-7(2)8(3,9)6-10/h7,10H,4-6,9H2,1-3H3. The van der Waals surface area contributed by atoms with Gasteiger partial charge in [0, 0.05) is 5.54 Å². The molecule has 0 bridgehead atoms. The molecule has 0 aliphatic rings. The van der Waals surface area contributed by atoms with Gasteiger partial charge in [0.05, 0.1) is 6.61 Å². The van der Waals surface area contributed by atoms with Crippen LogP contribution in [0.5, 0.6) is 0 Å². The van der Waals surface area contributed by atoms with Gasteiger partial charge in [0.25, 0.3) is 0 Å². The summed E-state index contributed by atoms with van der Waals surface area (Å²) in [6.45, 7) is 6.19. The molecule has 0 fully saturated rings. The number of aliphatic hydroxyl groups excluding tert-OH is 1. The SMILES string of the molecule is CCCC(C)C(C)(N)CO. The smallest absolute Gasteiger partial charge is 0.0611 e. The summed E-state index contributed by atoms with van der Waals surface area (Å²) >= 11 is 0. The van der Waals surface area contributed by atoms with Gasteiger partial charge < -0.3 is 10.8 Å². The average molecular weight is 145 g/mol. The van der Waals surface area contributed by atoms with E-state index in [-0.39, 0.29) is 6.61 Å². The molecule has 0 aromatic heterocycles. The highest BCUT2D eigenvalue weighted by Crippen LogP contribution is 2.17. The van der Waals surface area contributed by atoms with Crippen molar-refractivity contribution < 1.29 is 5.11 Å². The van der Waals surface area contributed by atoms with E-state index in [0.29, 0.717) is 5.92 Å². The van der Waals surface area contributed by atoms with Crippen LogP contribution in [0.4, 0.5) is 0 Å². The lowest BCUT2D eigenvalue weighted by Gasteiger charge is -2.29. The molecule has 0 spiro atoms. The Bertz CT molecular complexity index is 91.3. The normalized spacial score (nSPS) is 20.1. The lowest BCUT2D eigenvalue weighted by molar-refractivity contribution is 0.156. The lowest BCUT2D eigenvalue weighted by atomic mass is 9.86. The Hall–Kier alpha value is -0.0800. The second-order valence-electron chi connectivity index (χ2n) is 3.35. The van der Waals surface area contributed by atoms with E-state index in [2.05, 4.69) is 13.8 Å². The Morgan fingerprint density at radius 3 is 2.40 bits per heavy atom. The molecule has 0 rings (SSSR count). The molecule has 0 saturated heterocycles. The van der Waals surface area contributed by atoms with Crippen LogP contribution < -0.4 is 5.73 Å². The van der Waals surface area contributed by atoms with Crippen molar-refractivity contribution in [2.75, 3.05) is 6.61 Å². The minimum atomic E-state index is -0.393. The van der Waals surface area contributed by atoms with Crippen LogP contribution in [-0.4, -0.2) is 17.3 Å². The van der Waals surface area contributed by atoms with Crippen LogP contribution >= 0.6 is 0 Å². The third kappa shape index (κ3) is 2.67. The Kier molecular flexibility index (Phi) is 3.91. The van der Waals surface area contributed by atoms with Crippen LogP contribution in [0.1, 0.15) is 33.6 Å². The summed E-state index contributed by atoms with van der Waals surface area (Å²) in [6.07, 6.45) is 2.22. The minimum Gasteiger partial charge on any atom is -0.394 e. The molecule has 2 nitrogen and oxygen atoms in total. The predicted octanol–water partition coefficient (Wildman–Crippen LogP) is 1.13. The summed E-state index contributed by atoms with van der Waals surface area (Å²) in [6, 6.07) is 0. The highest BCUT2D eigenvalue weighted by atomic mass is 16.3. The topological polar surface area (TPSA) is 46.2 Å². The average Bonchev–Trinajstić information content (AvgIpc) is 1.89. The number of nitrogens with two attached hydrogens (primary N) is 1. The first-order chi connectivity index (χ1) is 4.54. The van der Waals surface area contributed by atoms with Crippen molar-refractivity contribution in [1.29, 1.82) is 0 Å². The van der Waals surface area contributed by atoms with Gasteiger partial charge >= 0.3 is 0 Å². The highest BCUT2D eigenvalue weighted by molar-refractivity contribution is 4.82. The third-order valence-corrected chi connectivity index (χ3v) is 2.19. The van der Waals surface area contributed by atoms with Crippen LogP contribution in [0.25, 0.3) is 0 Å². The summed E-state index contributed by atoms with van der Waals surface area (Å²) in [5.74, 6) is 0.405. The van der Waals surface area contributed by atoms with Gasteiger partial charge in [0.15, 0.2) is 0 Å². The van der Waals surface area contributed by atoms with E-state index in [0.717, 1.165) is 12.8 Å². The first-order valence-electron chi connectivity index (χ1n) is 3.94. The molecule has 2 heteroatoms. The number of rotatable bonds is 4. The summed E-state index contributed by atoms with van der Waals surface area (Å²) in [4.78, 5) is 0. The van der Waals surface area contributed by atoms with Crippen LogP contribution in [0.3, 0.4) is 0 Å². The van der Waals surface area contributed by atoms with E-state index in [9.17, 15) is 0 Å².